The minimum absolute atomic E-state index is 0.0213. The molecule has 0 aromatic heterocycles. The topological polar surface area (TPSA) is 63.6 Å². The van der Waals surface area contributed by atoms with Crippen LogP contribution >= 0.6 is 0 Å². The SMILES string of the molecule is CC1=CC(CC(=O)O)=C2Oc3c(ccc(C)c3C)CC2C1=O. The van der Waals surface area contributed by atoms with Gasteiger partial charge >= 0.3 is 5.97 Å². The number of aliphatic carboxylic acids is 1. The van der Waals surface area contributed by atoms with Crippen molar-refractivity contribution in [2.75, 3.05) is 0 Å². The van der Waals surface area contributed by atoms with Gasteiger partial charge in [-0.05, 0) is 55.5 Å². The molecule has 0 bridgehead atoms. The van der Waals surface area contributed by atoms with Crippen LogP contribution in [0.4, 0.5) is 0 Å². The Kier molecular flexibility index (Phi) is 3.39. The first-order valence-electron chi connectivity index (χ1n) is 7.32. The highest BCUT2D eigenvalue weighted by molar-refractivity contribution is 6.01. The first-order valence-corrected chi connectivity index (χ1v) is 7.32. The summed E-state index contributed by atoms with van der Waals surface area (Å²) in [6.07, 6.45) is 2.09. The van der Waals surface area contributed by atoms with Gasteiger partial charge in [0.2, 0.25) is 0 Å². The molecule has 22 heavy (non-hydrogen) atoms. The second kappa shape index (κ2) is 5.13. The molecule has 4 heteroatoms. The predicted molar refractivity (Wildman–Crippen MR) is 81.8 cm³/mol. The Morgan fingerprint density at radius 1 is 1.32 bits per heavy atom. The van der Waals surface area contributed by atoms with Crippen LogP contribution in [0.25, 0.3) is 0 Å². The zero-order chi connectivity index (χ0) is 16.0. The fourth-order valence-electron chi connectivity index (χ4n) is 3.12. The number of hydrogen-bond acceptors (Lipinski definition) is 3. The number of aryl methyl sites for hydroxylation is 1. The summed E-state index contributed by atoms with van der Waals surface area (Å²) in [7, 11) is 0. The van der Waals surface area contributed by atoms with Gasteiger partial charge in [-0.25, -0.2) is 0 Å². The zero-order valence-electron chi connectivity index (χ0n) is 12.9. The molecule has 0 saturated heterocycles. The number of allylic oxidation sites excluding steroid dienone is 3. The number of ketones is 1. The minimum atomic E-state index is -0.921. The summed E-state index contributed by atoms with van der Waals surface area (Å²) in [5, 5.41) is 9.10. The predicted octanol–water partition coefficient (Wildman–Crippen LogP) is 3.11. The molecule has 0 saturated carbocycles. The Morgan fingerprint density at radius 3 is 2.73 bits per heavy atom. The summed E-state index contributed by atoms with van der Waals surface area (Å²) in [6, 6.07) is 4.02. The van der Waals surface area contributed by atoms with Crippen molar-refractivity contribution in [2.24, 2.45) is 5.92 Å². The summed E-state index contributed by atoms with van der Waals surface area (Å²) in [5.74, 6) is -0.00826. The summed E-state index contributed by atoms with van der Waals surface area (Å²) in [4.78, 5) is 23.5. The van der Waals surface area contributed by atoms with Gasteiger partial charge in [0.05, 0.1) is 12.3 Å². The van der Waals surface area contributed by atoms with Gasteiger partial charge in [-0.1, -0.05) is 12.1 Å². The zero-order valence-corrected chi connectivity index (χ0v) is 12.9. The van der Waals surface area contributed by atoms with E-state index in [1.807, 2.05) is 26.0 Å². The smallest absolute Gasteiger partial charge is 0.307 e. The summed E-state index contributed by atoms with van der Waals surface area (Å²) >= 11 is 0. The van der Waals surface area contributed by atoms with Crippen molar-refractivity contribution in [2.45, 2.75) is 33.6 Å². The van der Waals surface area contributed by atoms with E-state index in [9.17, 15) is 9.59 Å². The molecule has 1 aromatic rings. The van der Waals surface area contributed by atoms with Crippen LogP contribution in [0.1, 0.15) is 30.0 Å². The quantitative estimate of drug-likeness (QED) is 0.911. The van der Waals surface area contributed by atoms with Crippen LogP contribution in [0.2, 0.25) is 0 Å². The minimum Gasteiger partial charge on any atom is -0.481 e. The highest BCUT2D eigenvalue weighted by Crippen LogP contribution is 2.41. The Balaban J connectivity index is 2.14. The molecule has 1 N–H and O–H groups in total. The highest BCUT2D eigenvalue weighted by atomic mass is 16.5. The third kappa shape index (κ3) is 2.25. The molecule has 0 fully saturated rings. The molecule has 1 aliphatic heterocycles. The average molecular weight is 298 g/mol. The molecule has 0 spiro atoms. The fourth-order valence-corrected chi connectivity index (χ4v) is 3.12. The van der Waals surface area contributed by atoms with E-state index in [4.69, 9.17) is 9.84 Å². The van der Waals surface area contributed by atoms with Crippen LogP contribution in [0.5, 0.6) is 5.75 Å². The molecule has 4 nitrogen and oxygen atoms in total. The van der Waals surface area contributed by atoms with Gasteiger partial charge in [0.1, 0.15) is 11.5 Å². The average Bonchev–Trinajstić information content (AvgIpc) is 2.47. The number of fused-ring (bicyclic) bond motifs is 2. The van der Waals surface area contributed by atoms with E-state index in [0.717, 1.165) is 22.4 Å². The van der Waals surface area contributed by atoms with Crippen LogP contribution in [0, 0.1) is 19.8 Å². The van der Waals surface area contributed by atoms with Crippen molar-refractivity contribution in [1.82, 2.24) is 0 Å². The number of carbonyl (C=O) groups excluding carboxylic acids is 1. The lowest BCUT2D eigenvalue weighted by molar-refractivity contribution is -0.136. The highest BCUT2D eigenvalue weighted by Gasteiger charge is 2.37. The van der Waals surface area contributed by atoms with Gasteiger partial charge in [0.25, 0.3) is 0 Å². The number of benzene rings is 1. The Hall–Kier alpha value is -2.36. The first kappa shape index (κ1) is 14.6. The molecular formula is C18H18O4. The lowest BCUT2D eigenvalue weighted by atomic mass is 9.80. The Bertz CT molecular complexity index is 753. The van der Waals surface area contributed by atoms with Crippen LogP contribution in [0.15, 0.2) is 35.1 Å². The number of Topliss-reactive ketones (excluding diaryl/α,β-unsaturated/α-hetero) is 1. The van der Waals surface area contributed by atoms with E-state index in [0.29, 0.717) is 23.3 Å². The van der Waals surface area contributed by atoms with Crippen LogP contribution in [-0.4, -0.2) is 16.9 Å². The second-order valence-electron chi connectivity index (χ2n) is 6.01. The molecular weight excluding hydrogens is 280 g/mol. The maximum Gasteiger partial charge on any atom is 0.307 e. The van der Waals surface area contributed by atoms with E-state index in [2.05, 4.69) is 0 Å². The van der Waals surface area contributed by atoms with Crippen molar-refractivity contribution in [3.8, 4) is 5.75 Å². The van der Waals surface area contributed by atoms with Gasteiger partial charge in [0, 0.05) is 5.57 Å². The molecule has 1 atom stereocenters. The van der Waals surface area contributed by atoms with Crippen molar-refractivity contribution < 1.29 is 19.4 Å². The monoisotopic (exact) mass is 298 g/mol. The molecule has 114 valence electrons. The third-order valence-corrected chi connectivity index (χ3v) is 4.46. The first-order chi connectivity index (χ1) is 10.4. The number of carboxylic acids is 1. The summed E-state index contributed by atoms with van der Waals surface area (Å²) in [5.41, 5.74) is 4.36. The molecule has 1 unspecified atom stereocenters. The lowest BCUT2D eigenvalue weighted by Gasteiger charge is -2.32. The maximum absolute atomic E-state index is 12.4. The van der Waals surface area contributed by atoms with E-state index in [1.54, 1.807) is 13.0 Å². The van der Waals surface area contributed by atoms with E-state index in [1.165, 1.54) is 0 Å². The fraction of sp³-hybridized carbons (Fsp3) is 0.333. The Labute approximate surface area is 129 Å². The van der Waals surface area contributed by atoms with Crippen molar-refractivity contribution in [3.63, 3.8) is 0 Å². The van der Waals surface area contributed by atoms with Crippen molar-refractivity contribution >= 4 is 11.8 Å². The van der Waals surface area contributed by atoms with Gasteiger partial charge in [-0.15, -0.1) is 0 Å². The number of rotatable bonds is 2. The van der Waals surface area contributed by atoms with E-state index < -0.39 is 11.9 Å². The number of carboxylic acid groups (broad SMARTS) is 1. The maximum atomic E-state index is 12.4. The second-order valence-corrected chi connectivity index (χ2v) is 6.01. The third-order valence-electron chi connectivity index (χ3n) is 4.46. The Morgan fingerprint density at radius 2 is 2.05 bits per heavy atom. The molecule has 0 radical (unpaired) electrons. The molecule has 1 heterocycles. The van der Waals surface area contributed by atoms with E-state index >= 15 is 0 Å². The van der Waals surface area contributed by atoms with Crippen LogP contribution in [0.3, 0.4) is 0 Å². The number of ether oxygens (including phenoxy) is 1. The van der Waals surface area contributed by atoms with Gasteiger partial charge in [-0.2, -0.15) is 0 Å². The van der Waals surface area contributed by atoms with Crippen molar-refractivity contribution in [3.05, 3.63) is 51.8 Å². The largest absolute Gasteiger partial charge is 0.481 e. The van der Waals surface area contributed by atoms with Crippen molar-refractivity contribution in [1.29, 1.82) is 0 Å². The number of carbonyl (C=O) groups is 2. The lowest BCUT2D eigenvalue weighted by Crippen LogP contribution is -2.31. The van der Waals surface area contributed by atoms with Gasteiger partial charge in [0.15, 0.2) is 5.78 Å². The summed E-state index contributed by atoms with van der Waals surface area (Å²) in [6.45, 7) is 5.72. The van der Waals surface area contributed by atoms with Crippen LogP contribution < -0.4 is 4.74 Å². The number of hydrogen-bond donors (Lipinski definition) is 1. The van der Waals surface area contributed by atoms with Gasteiger partial charge < -0.3 is 9.84 Å². The molecule has 3 rings (SSSR count). The summed E-state index contributed by atoms with van der Waals surface area (Å²) < 4.78 is 6.03. The molecule has 0 amide bonds. The van der Waals surface area contributed by atoms with E-state index in [-0.39, 0.29) is 12.2 Å². The molecule has 1 aliphatic carbocycles. The van der Waals surface area contributed by atoms with Crippen LogP contribution in [-0.2, 0) is 16.0 Å². The normalized spacial score (nSPS) is 20.0. The molecule has 1 aromatic carbocycles. The van der Waals surface area contributed by atoms with Gasteiger partial charge in [-0.3, -0.25) is 9.59 Å². The molecule has 2 aliphatic rings. The standard InChI is InChI=1S/C18H18O4/c1-9-4-5-12-7-14-16(21)10(2)6-13(8-15(19)20)18(14)22-17(12)11(9)3/h4-6,14H,7-8H2,1-3H3,(H,19,20).